The second-order valence-electron chi connectivity index (χ2n) is 6.15. The smallest absolute Gasteiger partial charge is 0.229 e. The molecule has 2 aromatic rings. The van der Waals surface area contributed by atoms with Crippen LogP contribution in [-0.2, 0) is 9.59 Å². The summed E-state index contributed by atoms with van der Waals surface area (Å²) >= 11 is 9.37. The van der Waals surface area contributed by atoms with Gasteiger partial charge in [-0.2, -0.15) is 0 Å². The molecule has 2 aromatic carbocycles. The van der Waals surface area contributed by atoms with Crippen LogP contribution in [0.25, 0.3) is 0 Å². The van der Waals surface area contributed by atoms with E-state index in [1.807, 2.05) is 37.3 Å². The van der Waals surface area contributed by atoms with Gasteiger partial charge >= 0.3 is 0 Å². The first-order chi connectivity index (χ1) is 12.0. The first-order valence-electron chi connectivity index (χ1n) is 8.06. The van der Waals surface area contributed by atoms with Gasteiger partial charge in [0.1, 0.15) is 0 Å². The van der Waals surface area contributed by atoms with Crippen LogP contribution in [0.2, 0.25) is 5.02 Å². The molecule has 6 heteroatoms. The van der Waals surface area contributed by atoms with Crippen molar-refractivity contribution < 1.29 is 9.59 Å². The molecule has 25 heavy (non-hydrogen) atoms. The highest BCUT2D eigenvalue weighted by Crippen LogP contribution is 2.30. The maximum absolute atomic E-state index is 12.5. The van der Waals surface area contributed by atoms with E-state index in [0.29, 0.717) is 17.3 Å². The molecule has 0 aromatic heterocycles. The molecule has 2 atom stereocenters. The van der Waals surface area contributed by atoms with E-state index in [0.717, 1.165) is 10.0 Å². The highest BCUT2D eigenvalue weighted by Gasteiger charge is 2.37. The molecule has 4 nitrogen and oxygen atoms in total. The number of halogens is 2. The summed E-state index contributed by atoms with van der Waals surface area (Å²) in [7, 11) is 0. The average Bonchev–Trinajstić information content (AvgIpc) is 3.00. The van der Waals surface area contributed by atoms with Gasteiger partial charge in [-0.3, -0.25) is 9.59 Å². The lowest BCUT2D eigenvalue weighted by atomic mass is 10.1. The molecule has 0 spiro atoms. The minimum absolute atomic E-state index is 0.00495. The van der Waals surface area contributed by atoms with Crippen molar-refractivity contribution in [2.24, 2.45) is 5.92 Å². The Morgan fingerprint density at radius 3 is 2.68 bits per heavy atom. The Labute approximate surface area is 160 Å². The fourth-order valence-electron chi connectivity index (χ4n) is 3.01. The van der Waals surface area contributed by atoms with Gasteiger partial charge in [0.05, 0.1) is 17.0 Å². The number of carbonyl (C=O) groups is 2. The summed E-state index contributed by atoms with van der Waals surface area (Å²) in [5, 5.41) is 3.38. The molecule has 0 radical (unpaired) electrons. The minimum atomic E-state index is -0.360. The van der Waals surface area contributed by atoms with Crippen LogP contribution in [-0.4, -0.2) is 23.3 Å². The van der Waals surface area contributed by atoms with Gasteiger partial charge in [0.15, 0.2) is 0 Å². The summed E-state index contributed by atoms with van der Waals surface area (Å²) in [6.45, 7) is 2.41. The van der Waals surface area contributed by atoms with Crippen LogP contribution in [0.3, 0.4) is 0 Å². The van der Waals surface area contributed by atoms with E-state index in [-0.39, 0.29) is 30.2 Å². The van der Waals surface area contributed by atoms with Gasteiger partial charge in [-0.05, 0) is 46.6 Å². The van der Waals surface area contributed by atoms with Crippen LogP contribution in [0, 0.1) is 5.92 Å². The van der Waals surface area contributed by atoms with Crippen LogP contribution < -0.4 is 5.32 Å². The van der Waals surface area contributed by atoms with Crippen LogP contribution in [0.15, 0.2) is 53.0 Å². The Hall–Kier alpha value is -1.85. The molecule has 130 valence electrons. The zero-order valence-electron chi connectivity index (χ0n) is 13.7. The molecule has 0 bridgehead atoms. The molecule has 1 heterocycles. The van der Waals surface area contributed by atoms with Crippen LogP contribution in [0.5, 0.6) is 0 Å². The van der Waals surface area contributed by atoms with E-state index in [9.17, 15) is 9.59 Å². The van der Waals surface area contributed by atoms with Crippen molar-refractivity contribution in [2.45, 2.75) is 19.4 Å². The van der Waals surface area contributed by atoms with Gasteiger partial charge in [-0.1, -0.05) is 41.9 Å². The summed E-state index contributed by atoms with van der Waals surface area (Å²) in [5.41, 5.74) is 1.69. The highest BCUT2D eigenvalue weighted by atomic mass is 79.9. The lowest BCUT2D eigenvalue weighted by molar-refractivity contribution is -0.129. The van der Waals surface area contributed by atoms with E-state index in [1.54, 1.807) is 23.1 Å². The molecule has 1 aliphatic rings. The summed E-state index contributed by atoms with van der Waals surface area (Å²) < 4.78 is 0.770. The number of anilines is 1. The zero-order valence-corrected chi connectivity index (χ0v) is 16.0. The number of nitrogens with one attached hydrogen (secondary N) is 1. The number of carbonyl (C=O) groups excluding carboxylic acids is 2. The molecular weight excluding hydrogens is 404 g/mol. The normalized spacial score (nSPS) is 18.3. The Balaban J connectivity index is 1.67. The van der Waals surface area contributed by atoms with E-state index >= 15 is 0 Å². The molecule has 2 amide bonds. The topological polar surface area (TPSA) is 49.4 Å². The van der Waals surface area contributed by atoms with Crippen LogP contribution >= 0.6 is 27.5 Å². The second-order valence-corrected chi connectivity index (χ2v) is 7.41. The Kier molecular flexibility index (Phi) is 5.45. The van der Waals surface area contributed by atoms with Crippen molar-refractivity contribution in [3.63, 3.8) is 0 Å². The van der Waals surface area contributed by atoms with Crippen molar-refractivity contribution in [2.75, 3.05) is 11.9 Å². The Morgan fingerprint density at radius 2 is 2.00 bits per heavy atom. The number of benzene rings is 2. The third-order valence-corrected chi connectivity index (χ3v) is 5.70. The van der Waals surface area contributed by atoms with E-state index < -0.39 is 0 Å². The molecule has 0 aliphatic carbocycles. The zero-order chi connectivity index (χ0) is 18.0. The van der Waals surface area contributed by atoms with E-state index in [2.05, 4.69) is 21.2 Å². The highest BCUT2D eigenvalue weighted by molar-refractivity contribution is 9.10. The van der Waals surface area contributed by atoms with Crippen molar-refractivity contribution in [3.05, 3.63) is 63.6 Å². The average molecular weight is 422 g/mol. The van der Waals surface area contributed by atoms with E-state index in [1.165, 1.54) is 0 Å². The van der Waals surface area contributed by atoms with Crippen LogP contribution in [0.1, 0.15) is 24.9 Å². The number of likely N-dealkylation sites (tertiary alicyclic amines) is 1. The molecule has 1 aliphatic heterocycles. The fourth-order valence-corrected chi connectivity index (χ4v) is 3.44. The SMILES string of the molecule is CC(c1ccccc1)N1CC(C(=O)Nc2ccc(Br)c(Cl)c2)CC1=O. The largest absolute Gasteiger partial charge is 0.335 e. The molecule has 1 N–H and O–H groups in total. The lowest BCUT2D eigenvalue weighted by Crippen LogP contribution is -2.30. The van der Waals surface area contributed by atoms with Crippen LogP contribution in [0.4, 0.5) is 5.69 Å². The Bertz CT molecular complexity index is 797. The molecular formula is C19H18BrClN2O2. The lowest BCUT2D eigenvalue weighted by Gasteiger charge is -2.25. The van der Waals surface area contributed by atoms with Gasteiger partial charge < -0.3 is 10.2 Å². The molecule has 1 fully saturated rings. The summed E-state index contributed by atoms with van der Waals surface area (Å²) in [4.78, 5) is 26.7. The second kappa shape index (κ2) is 7.58. The monoisotopic (exact) mass is 420 g/mol. The van der Waals surface area contributed by atoms with Crippen molar-refractivity contribution in [1.82, 2.24) is 4.90 Å². The van der Waals surface area contributed by atoms with Gasteiger partial charge in [0.2, 0.25) is 11.8 Å². The number of hydrogen-bond donors (Lipinski definition) is 1. The minimum Gasteiger partial charge on any atom is -0.335 e. The van der Waals surface area contributed by atoms with Crippen molar-refractivity contribution >= 4 is 45.0 Å². The summed E-state index contributed by atoms with van der Waals surface area (Å²) in [5.74, 6) is -0.513. The number of nitrogens with zero attached hydrogens (tertiary/aromatic N) is 1. The Morgan fingerprint density at radius 1 is 1.28 bits per heavy atom. The summed E-state index contributed by atoms with van der Waals surface area (Å²) in [6, 6.07) is 15.0. The number of amides is 2. The molecule has 3 rings (SSSR count). The third kappa shape index (κ3) is 4.05. The van der Waals surface area contributed by atoms with Gasteiger partial charge in [0, 0.05) is 23.1 Å². The number of hydrogen-bond acceptors (Lipinski definition) is 2. The van der Waals surface area contributed by atoms with Gasteiger partial charge in [0.25, 0.3) is 0 Å². The number of rotatable bonds is 4. The third-order valence-electron chi connectivity index (χ3n) is 4.47. The maximum atomic E-state index is 12.5. The summed E-state index contributed by atoms with van der Waals surface area (Å²) in [6.07, 6.45) is 0.229. The van der Waals surface area contributed by atoms with Gasteiger partial charge in [-0.15, -0.1) is 0 Å². The predicted molar refractivity (Wildman–Crippen MR) is 102 cm³/mol. The quantitative estimate of drug-likeness (QED) is 0.781. The first-order valence-corrected chi connectivity index (χ1v) is 9.23. The first kappa shape index (κ1) is 18.0. The van der Waals surface area contributed by atoms with Crippen molar-refractivity contribution in [3.8, 4) is 0 Å². The fraction of sp³-hybridized carbons (Fsp3) is 0.263. The molecule has 2 unspecified atom stereocenters. The van der Waals surface area contributed by atoms with E-state index in [4.69, 9.17) is 11.6 Å². The van der Waals surface area contributed by atoms with Crippen molar-refractivity contribution in [1.29, 1.82) is 0 Å². The molecule has 1 saturated heterocycles. The van der Waals surface area contributed by atoms with Gasteiger partial charge in [-0.25, -0.2) is 0 Å². The maximum Gasteiger partial charge on any atom is 0.229 e. The standard InChI is InChI=1S/C19H18BrClN2O2/c1-12(13-5-3-2-4-6-13)23-11-14(9-18(23)24)19(25)22-15-7-8-16(20)17(21)10-15/h2-8,10,12,14H,9,11H2,1H3,(H,22,25). The predicted octanol–water partition coefficient (Wildman–Crippen LogP) is 4.65. The molecule has 0 saturated carbocycles.